The summed E-state index contributed by atoms with van der Waals surface area (Å²) in [6.45, 7) is 2.37. The van der Waals surface area contributed by atoms with Gasteiger partial charge in [0, 0.05) is 20.1 Å². The van der Waals surface area contributed by atoms with Gasteiger partial charge in [-0.3, -0.25) is 4.79 Å². The largest absolute Gasteiger partial charge is 0.378 e. The molecule has 0 bridgehead atoms. The van der Waals surface area contributed by atoms with Crippen LogP contribution in [0.4, 0.5) is 5.82 Å². The van der Waals surface area contributed by atoms with Crippen molar-refractivity contribution in [2.45, 2.75) is 0 Å². The predicted molar refractivity (Wildman–Crippen MR) is 80.5 cm³/mol. The van der Waals surface area contributed by atoms with Crippen molar-refractivity contribution in [2.75, 3.05) is 52.8 Å². The quantitative estimate of drug-likeness (QED) is 0.704. The summed E-state index contributed by atoms with van der Waals surface area (Å²) in [5.41, 5.74) is 0.215. The highest BCUT2D eigenvalue weighted by Crippen LogP contribution is 2.16. The number of likely N-dealkylation sites (N-methyl/N-ethyl adjacent to an activating group) is 1. The van der Waals surface area contributed by atoms with E-state index in [0.717, 1.165) is 6.54 Å². The average Bonchev–Trinajstić information content (AvgIpc) is 2.42. The Bertz CT molecular complexity index is 440. The fourth-order valence-electron chi connectivity index (χ4n) is 1.41. The van der Waals surface area contributed by atoms with E-state index < -0.39 is 0 Å². The summed E-state index contributed by atoms with van der Waals surface area (Å²) >= 11 is 5.96. The molecule has 1 aromatic heterocycles. The molecule has 1 amide bonds. The number of rotatable bonds is 8. The standard InChI is InChI=1S/C13H21ClN4O2/c1-15-11-5-4-10(14)12(17-11)13(19)16-6-8-20-9-7-18(2)3/h4-5H,6-9H2,1-3H3,(H,15,17)(H,16,19). The summed E-state index contributed by atoms with van der Waals surface area (Å²) in [6.07, 6.45) is 0. The summed E-state index contributed by atoms with van der Waals surface area (Å²) in [7, 11) is 5.69. The number of amides is 1. The van der Waals surface area contributed by atoms with Crippen molar-refractivity contribution in [1.82, 2.24) is 15.2 Å². The maximum absolute atomic E-state index is 11.9. The van der Waals surface area contributed by atoms with E-state index in [-0.39, 0.29) is 11.6 Å². The Labute approximate surface area is 124 Å². The first-order valence-electron chi connectivity index (χ1n) is 6.39. The molecule has 0 spiro atoms. The molecule has 20 heavy (non-hydrogen) atoms. The highest BCUT2D eigenvalue weighted by molar-refractivity contribution is 6.33. The molecular weight excluding hydrogens is 280 g/mol. The lowest BCUT2D eigenvalue weighted by atomic mass is 10.3. The van der Waals surface area contributed by atoms with Crippen molar-refractivity contribution >= 4 is 23.3 Å². The van der Waals surface area contributed by atoms with Crippen LogP contribution in [-0.2, 0) is 4.74 Å². The third-order valence-corrected chi connectivity index (χ3v) is 2.84. The maximum Gasteiger partial charge on any atom is 0.271 e. The van der Waals surface area contributed by atoms with Gasteiger partial charge in [0.15, 0.2) is 0 Å². The van der Waals surface area contributed by atoms with E-state index in [1.165, 1.54) is 0 Å². The molecule has 1 heterocycles. The molecule has 0 fully saturated rings. The fourth-order valence-corrected chi connectivity index (χ4v) is 1.60. The normalized spacial score (nSPS) is 10.7. The van der Waals surface area contributed by atoms with Crippen LogP contribution in [0, 0.1) is 0 Å². The first-order chi connectivity index (χ1) is 9.54. The first-order valence-corrected chi connectivity index (χ1v) is 6.77. The molecule has 0 radical (unpaired) electrons. The maximum atomic E-state index is 11.9. The molecule has 1 aromatic rings. The molecule has 0 unspecified atom stereocenters. The minimum absolute atomic E-state index is 0.215. The molecule has 1 rings (SSSR count). The van der Waals surface area contributed by atoms with Gasteiger partial charge in [0.1, 0.15) is 11.5 Å². The summed E-state index contributed by atoms with van der Waals surface area (Å²) in [5.74, 6) is 0.296. The number of nitrogens with zero attached hydrogens (tertiary/aromatic N) is 2. The zero-order valence-corrected chi connectivity index (χ0v) is 12.8. The topological polar surface area (TPSA) is 66.5 Å². The van der Waals surface area contributed by atoms with E-state index in [2.05, 4.69) is 15.6 Å². The van der Waals surface area contributed by atoms with Crippen LogP contribution in [0.5, 0.6) is 0 Å². The molecule has 112 valence electrons. The Kier molecular flexibility index (Phi) is 7.28. The van der Waals surface area contributed by atoms with E-state index in [0.29, 0.717) is 30.6 Å². The zero-order valence-electron chi connectivity index (χ0n) is 12.1. The Morgan fingerprint density at radius 3 is 2.80 bits per heavy atom. The summed E-state index contributed by atoms with van der Waals surface area (Å²) in [5, 5.41) is 5.92. The van der Waals surface area contributed by atoms with Crippen LogP contribution in [0.2, 0.25) is 5.02 Å². The minimum Gasteiger partial charge on any atom is -0.378 e. The molecule has 6 nitrogen and oxygen atoms in total. The second-order valence-electron chi connectivity index (χ2n) is 4.45. The third-order valence-electron chi connectivity index (χ3n) is 2.53. The molecule has 7 heteroatoms. The van der Waals surface area contributed by atoms with Crippen LogP contribution in [0.1, 0.15) is 10.5 Å². The Balaban J connectivity index is 2.36. The molecule has 2 N–H and O–H groups in total. The van der Waals surface area contributed by atoms with E-state index in [9.17, 15) is 4.79 Å². The van der Waals surface area contributed by atoms with Gasteiger partial charge in [0.05, 0.1) is 18.2 Å². The van der Waals surface area contributed by atoms with Crippen molar-refractivity contribution in [1.29, 1.82) is 0 Å². The SMILES string of the molecule is CNc1ccc(Cl)c(C(=O)NCCOCCN(C)C)n1. The van der Waals surface area contributed by atoms with Gasteiger partial charge in [-0.15, -0.1) is 0 Å². The minimum atomic E-state index is -0.302. The molecule has 0 aromatic carbocycles. The van der Waals surface area contributed by atoms with Gasteiger partial charge in [-0.2, -0.15) is 0 Å². The van der Waals surface area contributed by atoms with E-state index in [1.807, 2.05) is 19.0 Å². The average molecular weight is 301 g/mol. The number of aromatic nitrogens is 1. The van der Waals surface area contributed by atoms with Gasteiger partial charge >= 0.3 is 0 Å². The van der Waals surface area contributed by atoms with Crippen molar-refractivity contribution in [3.63, 3.8) is 0 Å². The monoisotopic (exact) mass is 300 g/mol. The molecule has 0 saturated carbocycles. The zero-order chi connectivity index (χ0) is 15.0. The van der Waals surface area contributed by atoms with Crippen LogP contribution in [0.25, 0.3) is 0 Å². The number of halogens is 1. The number of hydrogen-bond acceptors (Lipinski definition) is 5. The van der Waals surface area contributed by atoms with Crippen LogP contribution in [0.3, 0.4) is 0 Å². The van der Waals surface area contributed by atoms with Crippen molar-refractivity contribution in [3.05, 3.63) is 22.8 Å². The summed E-state index contributed by atoms with van der Waals surface area (Å²) in [6, 6.07) is 3.35. The highest BCUT2D eigenvalue weighted by atomic mass is 35.5. The van der Waals surface area contributed by atoms with Gasteiger partial charge < -0.3 is 20.3 Å². The van der Waals surface area contributed by atoms with E-state index in [1.54, 1.807) is 19.2 Å². The van der Waals surface area contributed by atoms with Crippen LogP contribution in [-0.4, -0.2) is 63.2 Å². The molecule has 0 aliphatic heterocycles. The second-order valence-corrected chi connectivity index (χ2v) is 4.86. The van der Waals surface area contributed by atoms with Crippen LogP contribution in [0.15, 0.2) is 12.1 Å². The van der Waals surface area contributed by atoms with Gasteiger partial charge in [0.2, 0.25) is 0 Å². The van der Waals surface area contributed by atoms with Crippen molar-refractivity contribution in [2.24, 2.45) is 0 Å². The Morgan fingerprint density at radius 1 is 1.40 bits per heavy atom. The molecule has 0 saturated heterocycles. The predicted octanol–water partition coefficient (Wildman–Crippen LogP) is 1.08. The first kappa shape index (κ1) is 16.7. The molecule has 0 atom stereocenters. The number of anilines is 1. The number of nitrogens with one attached hydrogen (secondary N) is 2. The number of carbonyl (C=O) groups is 1. The number of carbonyl (C=O) groups excluding carboxylic acids is 1. The van der Waals surface area contributed by atoms with Gasteiger partial charge in [0.25, 0.3) is 5.91 Å². The van der Waals surface area contributed by atoms with Crippen LogP contribution < -0.4 is 10.6 Å². The number of pyridine rings is 1. The van der Waals surface area contributed by atoms with Gasteiger partial charge in [-0.1, -0.05) is 11.6 Å². The Morgan fingerprint density at radius 2 is 2.15 bits per heavy atom. The van der Waals surface area contributed by atoms with Gasteiger partial charge in [-0.05, 0) is 26.2 Å². The molecule has 0 aliphatic rings. The van der Waals surface area contributed by atoms with E-state index in [4.69, 9.17) is 16.3 Å². The number of hydrogen-bond donors (Lipinski definition) is 2. The Hall–Kier alpha value is -1.37. The van der Waals surface area contributed by atoms with Crippen LogP contribution >= 0.6 is 11.6 Å². The summed E-state index contributed by atoms with van der Waals surface area (Å²) < 4.78 is 5.38. The van der Waals surface area contributed by atoms with E-state index >= 15 is 0 Å². The van der Waals surface area contributed by atoms with Crippen molar-refractivity contribution in [3.8, 4) is 0 Å². The summed E-state index contributed by atoms with van der Waals surface area (Å²) in [4.78, 5) is 18.1. The lowest BCUT2D eigenvalue weighted by Gasteiger charge is -2.10. The van der Waals surface area contributed by atoms with Crippen molar-refractivity contribution < 1.29 is 9.53 Å². The second kappa shape index (κ2) is 8.73. The highest BCUT2D eigenvalue weighted by Gasteiger charge is 2.12. The smallest absolute Gasteiger partial charge is 0.271 e. The van der Waals surface area contributed by atoms with Gasteiger partial charge in [-0.25, -0.2) is 4.98 Å². The molecular formula is C13H21ClN4O2. The lowest BCUT2D eigenvalue weighted by molar-refractivity contribution is 0.0896. The fraction of sp³-hybridized carbons (Fsp3) is 0.538. The number of ether oxygens (including phenoxy) is 1. The lowest BCUT2D eigenvalue weighted by Crippen LogP contribution is -2.29. The molecule has 0 aliphatic carbocycles. The third kappa shape index (κ3) is 5.73.